The van der Waals surface area contributed by atoms with E-state index in [1.165, 1.54) is 25.3 Å². The van der Waals surface area contributed by atoms with Gasteiger partial charge in [-0.3, -0.25) is 0 Å². The van der Waals surface area contributed by atoms with E-state index in [1.807, 2.05) is 0 Å². The summed E-state index contributed by atoms with van der Waals surface area (Å²) in [7, 11) is 0. The number of fused-ring (bicyclic) bond motifs is 1. The van der Waals surface area contributed by atoms with E-state index in [2.05, 4.69) is 5.10 Å². The highest BCUT2D eigenvalue weighted by Gasteiger charge is 2.40. The molecule has 0 bridgehead atoms. The minimum absolute atomic E-state index is 0.0349. The van der Waals surface area contributed by atoms with Crippen molar-refractivity contribution in [1.29, 1.82) is 0 Å². The third kappa shape index (κ3) is 1.73. The number of aryl methyl sites for hydroxylation is 1. The number of rotatable bonds is 1. The lowest BCUT2D eigenvalue weighted by molar-refractivity contribution is -0.141. The summed E-state index contributed by atoms with van der Waals surface area (Å²) in [6.07, 6.45) is -3.50. The maximum atomic E-state index is 12.6. The van der Waals surface area contributed by atoms with Crippen LogP contribution in [-0.2, 0) is 6.18 Å². The van der Waals surface area contributed by atoms with Crippen LogP contribution in [0.5, 0.6) is 0 Å². The molecule has 2 aromatic heterocycles. The molecule has 0 fully saturated rings. The summed E-state index contributed by atoms with van der Waals surface area (Å²) < 4.78 is 38.9. The molecule has 0 atom stereocenters. The third-order valence-corrected chi connectivity index (χ3v) is 2.34. The summed E-state index contributed by atoms with van der Waals surface area (Å²) in [5, 5.41) is 12.2. The monoisotopic (exact) mass is 244 g/mol. The number of aromatic carboxylic acids is 1. The Balaban J connectivity index is 2.91. The van der Waals surface area contributed by atoms with E-state index in [0.717, 1.165) is 4.52 Å². The number of aromatic nitrogens is 2. The van der Waals surface area contributed by atoms with Crippen LogP contribution in [0.3, 0.4) is 0 Å². The van der Waals surface area contributed by atoms with E-state index >= 15 is 0 Å². The van der Waals surface area contributed by atoms with Crippen molar-refractivity contribution in [3.05, 3.63) is 35.2 Å². The summed E-state index contributed by atoms with van der Waals surface area (Å²) in [4.78, 5) is 10.9. The van der Waals surface area contributed by atoms with E-state index in [-0.39, 0.29) is 5.52 Å². The predicted octanol–water partition coefficient (Wildman–Crippen LogP) is 2.36. The van der Waals surface area contributed by atoms with Crippen LogP contribution in [0.2, 0.25) is 0 Å². The van der Waals surface area contributed by atoms with Crippen molar-refractivity contribution in [3.63, 3.8) is 0 Å². The van der Waals surface area contributed by atoms with Crippen LogP contribution in [0, 0.1) is 6.92 Å². The van der Waals surface area contributed by atoms with Gasteiger partial charge in [-0.25, -0.2) is 9.31 Å². The van der Waals surface area contributed by atoms with Gasteiger partial charge in [0, 0.05) is 6.20 Å². The van der Waals surface area contributed by atoms with E-state index < -0.39 is 23.4 Å². The number of hydrogen-bond donors (Lipinski definition) is 1. The zero-order valence-corrected chi connectivity index (χ0v) is 8.62. The molecule has 0 aliphatic rings. The van der Waals surface area contributed by atoms with Crippen LogP contribution in [0.1, 0.15) is 21.6 Å². The Labute approximate surface area is 93.3 Å². The molecule has 0 amide bonds. The second kappa shape index (κ2) is 3.47. The Bertz CT molecular complexity index is 601. The van der Waals surface area contributed by atoms with Crippen molar-refractivity contribution in [1.82, 2.24) is 9.61 Å². The first-order valence-electron chi connectivity index (χ1n) is 4.61. The van der Waals surface area contributed by atoms with Gasteiger partial charge in [-0.05, 0) is 18.6 Å². The minimum Gasteiger partial charge on any atom is -0.478 e. The first-order valence-corrected chi connectivity index (χ1v) is 4.61. The fraction of sp³-hybridized carbons (Fsp3) is 0.200. The number of carbonyl (C=O) groups is 1. The summed E-state index contributed by atoms with van der Waals surface area (Å²) >= 11 is 0. The molecule has 90 valence electrons. The van der Waals surface area contributed by atoms with Crippen molar-refractivity contribution in [2.24, 2.45) is 0 Å². The Hall–Kier alpha value is -2.05. The SMILES string of the molecule is Cc1cccn2nc(C(F)(F)F)c(C(=O)O)c12. The number of halogens is 3. The van der Waals surface area contributed by atoms with Crippen molar-refractivity contribution >= 4 is 11.5 Å². The molecule has 2 aromatic rings. The van der Waals surface area contributed by atoms with Gasteiger partial charge < -0.3 is 5.11 Å². The van der Waals surface area contributed by atoms with Crippen molar-refractivity contribution in [3.8, 4) is 0 Å². The van der Waals surface area contributed by atoms with Crippen LogP contribution in [0.15, 0.2) is 18.3 Å². The third-order valence-electron chi connectivity index (χ3n) is 2.34. The molecule has 17 heavy (non-hydrogen) atoms. The average Bonchev–Trinajstić information content (AvgIpc) is 2.57. The molecule has 0 aromatic carbocycles. The summed E-state index contributed by atoms with van der Waals surface area (Å²) in [6.45, 7) is 1.53. The number of alkyl halides is 3. The van der Waals surface area contributed by atoms with Gasteiger partial charge in [0.05, 0.1) is 5.52 Å². The molecule has 2 heterocycles. The summed E-state index contributed by atoms with van der Waals surface area (Å²) in [6, 6.07) is 3.03. The van der Waals surface area contributed by atoms with E-state index in [4.69, 9.17) is 5.11 Å². The zero-order valence-electron chi connectivity index (χ0n) is 8.62. The molecule has 0 saturated carbocycles. The molecule has 7 heteroatoms. The van der Waals surface area contributed by atoms with Gasteiger partial charge in [0.15, 0.2) is 5.69 Å². The number of hydrogen-bond acceptors (Lipinski definition) is 2. The van der Waals surface area contributed by atoms with Crippen LogP contribution in [-0.4, -0.2) is 20.7 Å². The fourth-order valence-electron chi connectivity index (χ4n) is 1.67. The molecule has 2 rings (SSSR count). The van der Waals surface area contributed by atoms with Gasteiger partial charge >= 0.3 is 12.1 Å². The zero-order chi connectivity index (χ0) is 12.8. The standard InChI is InChI=1S/C10H7F3N2O2/c1-5-3-2-4-15-7(5)6(9(16)17)8(14-15)10(11,12)13/h2-4H,1H3,(H,16,17). The van der Waals surface area contributed by atoms with Crippen LogP contribution in [0.25, 0.3) is 5.52 Å². The number of pyridine rings is 1. The highest BCUT2D eigenvalue weighted by molar-refractivity contribution is 5.98. The van der Waals surface area contributed by atoms with Crippen molar-refractivity contribution in [2.45, 2.75) is 13.1 Å². The van der Waals surface area contributed by atoms with Crippen molar-refractivity contribution in [2.75, 3.05) is 0 Å². The first kappa shape index (κ1) is 11.4. The Morgan fingerprint density at radius 2 is 2.12 bits per heavy atom. The quantitative estimate of drug-likeness (QED) is 0.837. The maximum Gasteiger partial charge on any atom is 0.436 e. The van der Waals surface area contributed by atoms with Gasteiger partial charge in [0.1, 0.15) is 5.56 Å². The Kier molecular flexibility index (Phi) is 2.34. The Morgan fingerprint density at radius 1 is 1.47 bits per heavy atom. The summed E-state index contributed by atoms with van der Waals surface area (Å²) in [5.74, 6) is -1.64. The van der Waals surface area contributed by atoms with Gasteiger partial charge in [-0.1, -0.05) is 6.07 Å². The van der Waals surface area contributed by atoms with Crippen LogP contribution in [0.4, 0.5) is 13.2 Å². The van der Waals surface area contributed by atoms with Gasteiger partial charge in [0.2, 0.25) is 0 Å². The molecule has 0 aliphatic carbocycles. The van der Waals surface area contributed by atoms with Crippen LogP contribution >= 0.6 is 0 Å². The Morgan fingerprint density at radius 3 is 2.65 bits per heavy atom. The lowest BCUT2D eigenvalue weighted by Gasteiger charge is -2.02. The lowest BCUT2D eigenvalue weighted by Crippen LogP contribution is -2.12. The second-order valence-electron chi connectivity index (χ2n) is 3.51. The van der Waals surface area contributed by atoms with Gasteiger partial charge in [-0.2, -0.15) is 18.3 Å². The second-order valence-corrected chi connectivity index (χ2v) is 3.51. The highest BCUT2D eigenvalue weighted by atomic mass is 19.4. The number of nitrogens with zero attached hydrogens (tertiary/aromatic N) is 2. The molecular formula is C10H7F3N2O2. The minimum atomic E-state index is -4.79. The largest absolute Gasteiger partial charge is 0.478 e. The topological polar surface area (TPSA) is 54.6 Å². The average molecular weight is 244 g/mol. The fourth-order valence-corrected chi connectivity index (χ4v) is 1.67. The molecule has 4 nitrogen and oxygen atoms in total. The molecule has 0 radical (unpaired) electrons. The molecule has 1 N–H and O–H groups in total. The highest BCUT2D eigenvalue weighted by Crippen LogP contribution is 2.33. The van der Waals surface area contributed by atoms with Gasteiger partial charge in [-0.15, -0.1) is 0 Å². The summed E-state index contributed by atoms with van der Waals surface area (Å²) in [5.41, 5.74) is -1.80. The molecule has 0 unspecified atom stereocenters. The molecule has 0 aliphatic heterocycles. The number of carboxylic acids is 1. The van der Waals surface area contributed by atoms with Gasteiger partial charge in [0.25, 0.3) is 0 Å². The normalized spacial score (nSPS) is 12.0. The van der Waals surface area contributed by atoms with E-state index in [1.54, 1.807) is 0 Å². The lowest BCUT2D eigenvalue weighted by atomic mass is 10.1. The molecule has 0 spiro atoms. The maximum absolute atomic E-state index is 12.6. The predicted molar refractivity (Wildman–Crippen MR) is 51.9 cm³/mol. The smallest absolute Gasteiger partial charge is 0.436 e. The molecule has 0 saturated heterocycles. The van der Waals surface area contributed by atoms with E-state index in [9.17, 15) is 18.0 Å². The van der Waals surface area contributed by atoms with E-state index in [0.29, 0.717) is 5.56 Å². The first-order chi connectivity index (χ1) is 7.82. The van der Waals surface area contributed by atoms with Crippen molar-refractivity contribution < 1.29 is 23.1 Å². The number of carboxylic acid groups (broad SMARTS) is 1. The van der Waals surface area contributed by atoms with Crippen LogP contribution < -0.4 is 0 Å². The molecular weight excluding hydrogens is 237 g/mol.